The SMILES string of the molecule is Cl.NC1CCCCC1CC(=O)NCC1CCOCC1. The normalized spacial score (nSPS) is 28.5. The van der Waals surface area contributed by atoms with Gasteiger partial charge in [0.05, 0.1) is 0 Å². The van der Waals surface area contributed by atoms with Crippen LogP contribution in [-0.4, -0.2) is 31.7 Å². The minimum Gasteiger partial charge on any atom is -0.381 e. The van der Waals surface area contributed by atoms with Gasteiger partial charge in [-0.25, -0.2) is 0 Å². The third kappa shape index (κ3) is 5.67. The van der Waals surface area contributed by atoms with Gasteiger partial charge in [0.25, 0.3) is 0 Å². The van der Waals surface area contributed by atoms with Gasteiger partial charge < -0.3 is 15.8 Å². The molecule has 4 nitrogen and oxygen atoms in total. The summed E-state index contributed by atoms with van der Waals surface area (Å²) in [6.07, 6.45) is 7.41. The Labute approximate surface area is 122 Å². The number of nitrogens with one attached hydrogen (secondary N) is 1. The molecule has 2 atom stereocenters. The average molecular weight is 291 g/mol. The summed E-state index contributed by atoms with van der Waals surface area (Å²) in [5.74, 6) is 1.18. The summed E-state index contributed by atoms with van der Waals surface area (Å²) < 4.78 is 5.31. The number of carbonyl (C=O) groups excluding carboxylic acids is 1. The molecule has 1 aliphatic heterocycles. The van der Waals surface area contributed by atoms with E-state index in [1.54, 1.807) is 0 Å². The first-order valence-corrected chi connectivity index (χ1v) is 7.35. The van der Waals surface area contributed by atoms with Crippen LogP contribution in [0.1, 0.15) is 44.9 Å². The lowest BCUT2D eigenvalue weighted by atomic mass is 9.83. The van der Waals surface area contributed by atoms with E-state index in [4.69, 9.17) is 10.5 Å². The fourth-order valence-electron chi connectivity index (χ4n) is 3.01. The van der Waals surface area contributed by atoms with Crippen LogP contribution in [0.25, 0.3) is 0 Å². The molecule has 2 rings (SSSR count). The molecule has 0 aromatic rings. The molecule has 2 unspecified atom stereocenters. The molecule has 0 bridgehead atoms. The van der Waals surface area contributed by atoms with E-state index in [1.165, 1.54) is 12.8 Å². The van der Waals surface area contributed by atoms with Gasteiger partial charge in [-0.2, -0.15) is 0 Å². The van der Waals surface area contributed by atoms with E-state index in [9.17, 15) is 4.79 Å². The molecule has 1 amide bonds. The molecule has 1 saturated carbocycles. The molecule has 1 saturated heterocycles. The molecule has 5 heteroatoms. The predicted molar refractivity (Wildman–Crippen MR) is 78.4 cm³/mol. The zero-order valence-corrected chi connectivity index (χ0v) is 12.4. The maximum atomic E-state index is 11.9. The number of hydrogen-bond donors (Lipinski definition) is 2. The summed E-state index contributed by atoms with van der Waals surface area (Å²) in [5, 5.41) is 3.07. The van der Waals surface area contributed by atoms with E-state index in [-0.39, 0.29) is 24.4 Å². The fraction of sp³-hybridized carbons (Fsp3) is 0.929. The Morgan fingerprint density at radius 3 is 2.53 bits per heavy atom. The minimum absolute atomic E-state index is 0. The largest absolute Gasteiger partial charge is 0.381 e. The van der Waals surface area contributed by atoms with Crippen LogP contribution in [-0.2, 0) is 9.53 Å². The Morgan fingerprint density at radius 2 is 1.84 bits per heavy atom. The zero-order chi connectivity index (χ0) is 12.8. The summed E-state index contributed by atoms with van der Waals surface area (Å²) in [6.45, 7) is 2.49. The molecule has 0 aromatic heterocycles. The smallest absolute Gasteiger partial charge is 0.220 e. The lowest BCUT2D eigenvalue weighted by molar-refractivity contribution is -0.122. The third-order valence-electron chi connectivity index (χ3n) is 4.34. The number of nitrogens with two attached hydrogens (primary N) is 1. The molecule has 0 radical (unpaired) electrons. The first kappa shape index (κ1) is 16.7. The van der Waals surface area contributed by atoms with Gasteiger partial charge in [0.1, 0.15) is 0 Å². The van der Waals surface area contributed by atoms with E-state index < -0.39 is 0 Å². The second kappa shape index (κ2) is 8.77. The van der Waals surface area contributed by atoms with E-state index >= 15 is 0 Å². The third-order valence-corrected chi connectivity index (χ3v) is 4.34. The van der Waals surface area contributed by atoms with Crippen molar-refractivity contribution in [3.05, 3.63) is 0 Å². The van der Waals surface area contributed by atoms with Crippen LogP contribution in [0.3, 0.4) is 0 Å². The highest BCUT2D eigenvalue weighted by molar-refractivity contribution is 5.85. The van der Waals surface area contributed by atoms with Gasteiger partial charge in [-0.05, 0) is 37.5 Å². The Hall–Kier alpha value is -0.320. The van der Waals surface area contributed by atoms with Gasteiger partial charge >= 0.3 is 0 Å². The number of amides is 1. The maximum absolute atomic E-state index is 11.9. The topological polar surface area (TPSA) is 64.4 Å². The fourth-order valence-corrected chi connectivity index (χ4v) is 3.01. The van der Waals surface area contributed by atoms with Gasteiger partial charge in [-0.1, -0.05) is 12.8 Å². The summed E-state index contributed by atoms with van der Waals surface area (Å²) in [6, 6.07) is 0.229. The van der Waals surface area contributed by atoms with Crippen molar-refractivity contribution in [2.45, 2.75) is 51.0 Å². The van der Waals surface area contributed by atoms with Crippen molar-refractivity contribution in [1.29, 1.82) is 0 Å². The molecule has 19 heavy (non-hydrogen) atoms. The number of halogens is 1. The Bertz CT molecular complexity index is 270. The Morgan fingerprint density at radius 1 is 1.16 bits per heavy atom. The van der Waals surface area contributed by atoms with Crippen LogP contribution in [0.4, 0.5) is 0 Å². The van der Waals surface area contributed by atoms with Crippen LogP contribution in [0.15, 0.2) is 0 Å². The van der Waals surface area contributed by atoms with Crippen molar-refractivity contribution < 1.29 is 9.53 Å². The van der Waals surface area contributed by atoms with Crippen molar-refractivity contribution in [2.24, 2.45) is 17.6 Å². The molecule has 1 aliphatic carbocycles. The minimum atomic E-state index is 0. The molecule has 0 aromatic carbocycles. The molecule has 112 valence electrons. The monoisotopic (exact) mass is 290 g/mol. The van der Waals surface area contributed by atoms with Crippen molar-refractivity contribution in [3.63, 3.8) is 0 Å². The first-order valence-electron chi connectivity index (χ1n) is 7.35. The summed E-state index contributed by atoms with van der Waals surface area (Å²) in [5.41, 5.74) is 6.07. The predicted octanol–water partition coefficient (Wildman–Crippen LogP) is 1.86. The number of ether oxygens (including phenoxy) is 1. The second-order valence-corrected chi connectivity index (χ2v) is 5.77. The highest BCUT2D eigenvalue weighted by Crippen LogP contribution is 2.25. The standard InChI is InChI=1S/C14H26N2O2.ClH/c15-13-4-2-1-3-12(13)9-14(17)16-10-11-5-7-18-8-6-11;/h11-13H,1-10,15H2,(H,16,17);1H. The van der Waals surface area contributed by atoms with Crippen molar-refractivity contribution in [1.82, 2.24) is 5.32 Å². The van der Waals surface area contributed by atoms with E-state index in [0.29, 0.717) is 18.3 Å². The van der Waals surface area contributed by atoms with Gasteiger partial charge in [-0.15, -0.1) is 12.4 Å². The molecule has 1 heterocycles. The van der Waals surface area contributed by atoms with Crippen LogP contribution in [0.5, 0.6) is 0 Å². The molecule has 2 aliphatic rings. The Kier molecular flexibility index (Phi) is 7.73. The number of rotatable bonds is 4. The van der Waals surface area contributed by atoms with Gasteiger partial charge in [0, 0.05) is 32.2 Å². The van der Waals surface area contributed by atoms with Crippen molar-refractivity contribution in [2.75, 3.05) is 19.8 Å². The second-order valence-electron chi connectivity index (χ2n) is 5.77. The number of carbonyl (C=O) groups is 1. The van der Waals surface area contributed by atoms with Gasteiger partial charge in [-0.3, -0.25) is 4.79 Å². The molecular weight excluding hydrogens is 264 g/mol. The quantitative estimate of drug-likeness (QED) is 0.831. The van der Waals surface area contributed by atoms with Crippen molar-refractivity contribution >= 4 is 18.3 Å². The van der Waals surface area contributed by atoms with Gasteiger partial charge in [0.2, 0.25) is 5.91 Å². The highest BCUT2D eigenvalue weighted by atomic mass is 35.5. The summed E-state index contributed by atoms with van der Waals surface area (Å²) in [7, 11) is 0. The van der Waals surface area contributed by atoms with E-state index in [0.717, 1.165) is 45.4 Å². The van der Waals surface area contributed by atoms with Crippen LogP contribution in [0.2, 0.25) is 0 Å². The summed E-state index contributed by atoms with van der Waals surface area (Å²) >= 11 is 0. The summed E-state index contributed by atoms with van der Waals surface area (Å²) in [4.78, 5) is 11.9. The number of hydrogen-bond acceptors (Lipinski definition) is 3. The Balaban J connectivity index is 0.00000180. The lowest BCUT2D eigenvalue weighted by Crippen LogP contribution is -2.38. The van der Waals surface area contributed by atoms with E-state index in [2.05, 4.69) is 5.32 Å². The maximum Gasteiger partial charge on any atom is 0.220 e. The van der Waals surface area contributed by atoms with Crippen molar-refractivity contribution in [3.8, 4) is 0 Å². The van der Waals surface area contributed by atoms with Crippen LogP contribution < -0.4 is 11.1 Å². The molecule has 0 spiro atoms. The molecule has 3 N–H and O–H groups in total. The van der Waals surface area contributed by atoms with Crippen LogP contribution >= 0.6 is 12.4 Å². The first-order chi connectivity index (χ1) is 8.75. The molecule has 2 fully saturated rings. The molecular formula is C14H27ClN2O2. The average Bonchev–Trinajstić information content (AvgIpc) is 2.40. The highest BCUT2D eigenvalue weighted by Gasteiger charge is 2.24. The van der Waals surface area contributed by atoms with E-state index in [1.807, 2.05) is 0 Å². The zero-order valence-electron chi connectivity index (χ0n) is 11.6. The van der Waals surface area contributed by atoms with Crippen LogP contribution in [0, 0.1) is 11.8 Å². The van der Waals surface area contributed by atoms with Gasteiger partial charge in [0.15, 0.2) is 0 Å². The lowest BCUT2D eigenvalue weighted by Gasteiger charge is -2.28.